The molecule has 0 aromatic heterocycles. The predicted octanol–water partition coefficient (Wildman–Crippen LogP) is 18.4. The van der Waals surface area contributed by atoms with E-state index >= 15 is 0 Å². The molecule has 1 aliphatic heterocycles. The standard InChI is InChI=1S/C72H137NO10/c1-3-5-7-9-11-13-14-15-16-34-37-40-44-48-52-56-60-68(77)81-61-57-53-49-45-41-38-35-32-30-28-26-24-22-20-18-17-19-21-23-25-27-29-31-33-36-39-43-47-51-55-59-67(76)73-64(65(75)58-54-50-46-42-12-10-8-6-4-2)63-82-72-71(80)70(79)69(78)66(62-74)83-72/h18,20,54,58,64-66,69-72,74-75,78-80H,3-17,19,21-53,55-57,59-63H2,1-2H3,(H,73,76)/b20-18-,58-54+. The summed E-state index contributed by atoms with van der Waals surface area (Å²) in [5, 5.41) is 54.3. The van der Waals surface area contributed by atoms with Crippen molar-refractivity contribution in [2.24, 2.45) is 0 Å². The molecule has 1 heterocycles. The van der Waals surface area contributed by atoms with E-state index in [1.807, 2.05) is 6.08 Å². The Morgan fingerprint density at radius 2 is 0.771 bits per heavy atom. The largest absolute Gasteiger partial charge is 0.466 e. The second-order valence-corrected chi connectivity index (χ2v) is 25.3. The molecule has 490 valence electrons. The Bertz CT molecular complexity index is 1430. The number of hydrogen-bond donors (Lipinski definition) is 6. The van der Waals surface area contributed by atoms with E-state index in [1.165, 1.54) is 283 Å². The highest BCUT2D eigenvalue weighted by atomic mass is 16.7. The first-order chi connectivity index (χ1) is 40.7. The zero-order valence-electron chi connectivity index (χ0n) is 54.4. The number of rotatable bonds is 64. The van der Waals surface area contributed by atoms with E-state index in [0.29, 0.717) is 19.4 Å². The quantitative estimate of drug-likeness (QED) is 0.0195. The molecule has 6 N–H and O–H groups in total. The molecular formula is C72H137NO10. The molecule has 0 aromatic rings. The number of ether oxygens (including phenoxy) is 3. The normalized spacial score (nSPS) is 18.2. The molecule has 1 rings (SSSR count). The minimum absolute atomic E-state index is 0.0129. The van der Waals surface area contributed by atoms with Crippen LogP contribution in [-0.2, 0) is 23.8 Å². The number of hydrogen-bond acceptors (Lipinski definition) is 10. The summed E-state index contributed by atoms with van der Waals surface area (Å²) in [6.45, 7) is 4.36. The molecule has 0 aliphatic carbocycles. The number of aliphatic hydroxyl groups is 5. The fourth-order valence-electron chi connectivity index (χ4n) is 11.6. The Morgan fingerprint density at radius 1 is 0.434 bits per heavy atom. The molecule has 7 unspecified atom stereocenters. The molecule has 1 aliphatic rings. The van der Waals surface area contributed by atoms with Crippen molar-refractivity contribution < 1.29 is 49.3 Å². The highest BCUT2D eigenvalue weighted by molar-refractivity contribution is 5.76. The van der Waals surface area contributed by atoms with E-state index < -0.39 is 49.5 Å². The summed E-state index contributed by atoms with van der Waals surface area (Å²) < 4.78 is 16.7. The number of aliphatic hydroxyl groups excluding tert-OH is 5. The molecule has 83 heavy (non-hydrogen) atoms. The second kappa shape index (κ2) is 61.8. The molecule has 7 atom stereocenters. The molecule has 0 aromatic carbocycles. The van der Waals surface area contributed by atoms with Crippen LogP contribution in [0.2, 0.25) is 0 Å². The monoisotopic (exact) mass is 1180 g/mol. The second-order valence-electron chi connectivity index (χ2n) is 25.3. The molecule has 1 saturated heterocycles. The van der Waals surface area contributed by atoms with Gasteiger partial charge in [0.15, 0.2) is 6.29 Å². The third-order valence-corrected chi connectivity index (χ3v) is 17.3. The Labute approximate surface area is 511 Å². The highest BCUT2D eigenvalue weighted by Crippen LogP contribution is 2.23. The lowest BCUT2D eigenvalue weighted by molar-refractivity contribution is -0.302. The van der Waals surface area contributed by atoms with Gasteiger partial charge in [-0.3, -0.25) is 9.59 Å². The minimum Gasteiger partial charge on any atom is -0.466 e. The molecule has 1 fully saturated rings. The molecule has 0 saturated carbocycles. The summed E-state index contributed by atoms with van der Waals surface area (Å²) in [5.74, 6) is -0.168. The SMILES string of the molecule is CCCCCCCCC/C=C/C(O)C(COC1OC(CO)C(O)C(O)C1O)NC(=O)CCCCCCCCCCCCCCCC/C=C\CCCCCCCCCCCCCCOC(=O)CCCCCCCCCCCCCCCCCC. The number of carbonyl (C=O) groups excluding carboxylic acids is 2. The Hall–Kier alpha value is -1.86. The van der Waals surface area contributed by atoms with Crippen molar-refractivity contribution in [1.29, 1.82) is 0 Å². The number of unbranched alkanes of at least 4 members (excludes halogenated alkanes) is 48. The highest BCUT2D eigenvalue weighted by Gasteiger charge is 2.44. The molecule has 0 radical (unpaired) electrons. The van der Waals surface area contributed by atoms with Gasteiger partial charge in [-0.15, -0.1) is 0 Å². The number of amides is 1. The van der Waals surface area contributed by atoms with E-state index in [2.05, 4.69) is 31.3 Å². The Morgan fingerprint density at radius 3 is 1.16 bits per heavy atom. The topological polar surface area (TPSA) is 175 Å². The van der Waals surface area contributed by atoms with Crippen molar-refractivity contribution in [3.63, 3.8) is 0 Å². The van der Waals surface area contributed by atoms with Gasteiger partial charge in [-0.1, -0.05) is 314 Å². The molecule has 11 heteroatoms. The first kappa shape index (κ1) is 79.2. The lowest BCUT2D eigenvalue weighted by Gasteiger charge is -2.40. The molecule has 11 nitrogen and oxygen atoms in total. The number of nitrogens with one attached hydrogen (secondary N) is 1. The summed E-state index contributed by atoms with van der Waals surface area (Å²) in [7, 11) is 0. The summed E-state index contributed by atoms with van der Waals surface area (Å²) >= 11 is 0. The average molecular weight is 1180 g/mol. The van der Waals surface area contributed by atoms with Gasteiger partial charge in [-0.05, 0) is 57.8 Å². The van der Waals surface area contributed by atoms with Gasteiger partial charge in [-0.2, -0.15) is 0 Å². The Kier molecular flexibility index (Phi) is 58.9. The van der Waals surface area contributed by atoms with Gasteiger partial charge in [0.2, 0.25) is 5.91 Å². The molecular weight excluding hydrogens is 1040 g/mol. The first-order valence-electron chi connectivity index (χ1n) is 36.1. The van der Waals surface area contributed by atoms with Crippen LogP contribution < -0.4 is 5.32 Å². The number of allylic oxidation sites excluding steroid dienone is 3. The van der Waals surface area contributed by atoms with E-state index in [-0.39, 0.29) is 18.5 Å². The van der Waals surface area contributed by atoms with Crippen molar-refractivity contribution in [2.75, 3.05) is 19.8 Å². The molecule has 1 amide bonds. The van der Waals surface area contributed by atoms with Crippen LogP contribution in [0.25, 0.3) is 0 Å². The van der Waals surface area contributed by atoms with Crippen molar-refractivity contribution in [3.05, 3.63) is 24.3 Å². The van der Waals surface area contributed by atoms with Crippen molar-refractivity contribution in [3.8, 4) is 0 Å². The van der Waals surface area contributed by atoms with Crippen LogP contribution in [0.1, 0.15) is 361 Å². The summed E-state index contributed by atoms with van der Waals surface area (Å²) in [5.41, 5.74) is 0. The lowest BCUT2D eigenvalue weighted by Crippen LogP contribution is -2.60. The van der Waals surface area contributed by atoms with Crippen LogP contribution in [0.5, 0.6) is 0 Å². The lowest BCUT2D eigenvalue weighted by atomic mass is 9.99. The number of carbonyl (C=O) groups is 2. The molecule has 0 bridgehead atoms. The van der Waals surface area contributed by atoms with Crippen molar-refractivity contribution in [1.82, 2.24) is 5.32 Å². The Balaban J connectivity index is 1.90. The fraction of sp³-hybridized carbons (Fsp3) is 0.917. The van der Waals surface area contributed by atoms with Crippen molar-refractivity contribution >= 4 is 11.9 Å². The van der Waals surface area contributed by atoms with E-state index in [9.17, 15) is 35.1 Å². The van der Waals surface area contributed by atoms with Crippen molar-refractivity contribution in [2.45, 2.75) is 403 Å². The van der Waals surface area contributed by atoms with Gasteiger partial charge >= 0.3 is 5.97 Å². The fourth-order valence-corrected chi connectivity index (χ4v) is 11.6. The summed E-state index contributed by atoms with van der Waals surface area (Å²) in [4.78, 5) is 25.1. The smallest absolute Gasteiger partial charge is 0.305 e. The van der Waals surface area contributed by atoms with Crippen LogP contribution in [0, 0.1) is 0 Å². The van der Waals surface area contributed by atoms with Gasteiger partial charge in [0.25, 0.3) is 0 Å². The zero-order valence-corrected chi connectivity index (χ0v) is 54.4. The third-order valence-electron chi connectivity index (χ3n) is 17.3. The van der Waals surface area contributed by atoms with E-state index in [4.69, 9.17) is 14.2 Å². The van der Waals surface area contributed by atoms with Crippen LogP contribution in [0.15, 0.2) is 24.3 Å². The average Bonchev–Trinajstić information content (AvgIpc) is 3.65. The predicted molar refractivity (Wildman–Crippen MR) is 348 cm³/mol. The van der Waals surface area contributed by atoms with Crippen LogP contribution in [-0.4, -0.2) is 100 Å². The van der Waals surface area contributed by atoms with Gasteiger partial charge in [0.05, 0.1) is 32.0 Å². The van der Waals surface area contributed by atoms with E-state index in [0.717, 1.165) is 51.4 Å². The van der Waals surface area contributed by atoms with Gasteiger partial charge < -0.3 is 45.1 Å². The maximum Gasteiger partial charge on any atom is 0.305 e. The van der Waals surface area contributed by atoms with Crippen LogP contribution >= 0.6 is 0 Å². The van der Waals surface area contributed by atoms with Gasteiger partial charge in [-0.25, -0.2) is 0 Å². The third kappa shape index (κ3) is 50.8. The summed E-state index contributed by atoms with van der Waals surface area (Å²) in [6.07, 6.45) is 67.6. The zero-order chi connectivity index (χ0) is 60.2. The van der Waals surface area contributed by atoms with Gasteiger partial charge in [0, 0.05) is 12.8 Å². The minimum atomic E-state index is -1.57. The van der Waals surface area contributed by atoms with E-state index in [1.54, 1.807) is 6.08 Å². The maximum absolute atomic E-state index is 13.0. The maximum atomic E-state index is 13.0. The van der Waals surface area contributed by atoms with Crippen LogP contribution in [0.4, 0.5) is 0 Å². The first-order valence-corrected chi connectivity index (χ1v) is 36.1. The van der Waals surface area contributed by atoms with Gasteiger partial charge in [0.1, 0.15) is 24.4 Å². The summed E-state index contributed by atoms with van der Waals surface area (Å²) in [6, 6.07) is -0.807. The number of esters is 1. The molecule has 0 spiro atoms. The van der Waals surface area contributed by atoms with Crippen LogP contribution in [0.3, 0.4) is 0 Å².